The van der Waals surface area contributed by atoms with Crippen LogP contribution in [0, 0.1) is 0 Å². The van der Waals surface area contributed by atoms with E-state index in [-0.39, 0.29) is 12.2 Å². The fourth-order valence-corrected chi connectivity index (χ4v) is 4.13. The van der Waals surface area contributed by atoms with Crippen LogP contribution in [0.3, 0.4) is 0 Å². The molecular formula is C21H23N3O7. The lowest BCUT2D eigenvalue weighted by Crippen LogP contribution is -2.38. The van der Waals surface area contributed by atoms with Gasteiger partial charge in [-0.05, 0) is 24.1 Å². The lowest BCUT2D eigenvalue weighted by molar-refractivity contribution is -0.136. The Balaban J connectivity index is 2.05. The molecule has 2 aromatic rings. The summed E-state index contributed by atoms with van der Waals surface area (Å²) in [6.07, 6.45) is 0.677. The molecule has 2 aliphatic heterocycles. The largest absolute Gasteiger partial charge is 0.493 e. The highest BCUT2D eigenvalue weighted by Crippen LogP contribution is 2.47. The minimum atomic E-state index is -0.789. The predicted octanol–water partition coefficient (Wildman–Crippen LogP) is 1.34. The lowest BCUT2D eigenvalue weighted by Gasteiger charge is -2.28. The first-order valence-electron chi connectivity index (χ1n) is 9.79. The Kier molecular flexibility index (Phi) is 5.22. The van der Waals surface area contributed by atoms with Crippen molar-refractivity contribution in [1.29, 1.82) is 0 Å². The van der Waals surface area contributed by atoms with Gasteiger partial charge in [-0.15, -0.1) is 0 Å². The molecule has 3 heterocycles. The van der Waals surface area contributed by atoms with Crippen LogP contribution in [-0.4, -0.2) is 43.5 Å². The summed E-state index contributed by atoms with van der Waals surface area (Å²) < 4.78 is 23.0. The van der Waals surface area contributed by atoms with Crippen molar-refractivity contribution in [1.82, 2.24) is 9.55 Å². The Labute approximate surface area is 177 Å². The van der Waals surface area contributed by atoms with Crippen LogP contribution in [0.25, 0.3) is 0 Å². The number of cyclic esters (lactones) is 1. The summed E-state index contributed by atoms with van der Waals surface area (Å²) in [6, 6.07) is 3.37. The summed E-state index contributed by atoms with van der Waals surface area (Å²) in [5, 5.41) is 3.09. The van der Waals surface area contributed by atoms with Gasteiger partial charge in [-0.1, -0.05) is 6.92 Å². The zero-order valence-electron chi connectivity index (χ0n) is 17.7. The van der Waals surface area contributed by atoms with Gasteiger partial charge in [0.25, 0.3) is 5.56 Å². The molecule has 2 N–H and O–H groups in total. The molecule has 0 bridgehead atoms. The Morgan fingerprint density at radius 2 is 1.77 bits per heavy atom. The van der Waals surface area contributed by atoms with E-state index in [4.69, 9.17) is 18.9 Å². The monoisotopic (exact) mass is 429 g/mol. The summed E-state index contributed by atoms with van der Waals surface area (Å²) in [5.74, 6) is 0.178. The van der Waals surface area contributed by atoms with Gasteiger partial charge in [0, 0.05) is 6.54 Å². The van der Waals surface area contributed by atoms with Crippen LogP contribution in [0.5, 0.6) is 17.2 Å². The third-order valence-electron chi connectivity index (χ3n) is 5.44. The summed E-state index contributed by atoms with van der Waals surface area (Å²) in [5.41, 5.74) is 0.552. The molecule has 0 saturated heterocycles. The molecule has 1 atom stereocenters. The SMILES string of the molecule is CCCn1c2c(c(=O)[nH]c1=O)[C@H](c1cc(OC)c(OC)c(OC)c1)C1=C(COC1=O)N2. The summed E-state index contributed by atoms with van der Waals surface area (Å²) in [7, 11) is 4.46. The van der Waals surface area contributed by atoms with Crippen LogP contribution in [0.1, 0.15) is 30.4 Å². The third-order valence-corrected chi connectivity index (χ3v) is 5.44. The van der Waals surface area contributed by atoms with Crippen molar-refractivity contribution in [2.75, 3.05) is 33.3 Å². The first-order valence-corrected chi connectivity index (χ1v) is 9.79. The van der Waals surface area contributed by atoms with Crippen molar-refractivity contribution in [2.24, 2.45) is 0 Å². The average Bonchev–Trinajstić information content (AvgIpc) is 3.14. The average molecular weight is 429 g/mol. The molecule has 164 valence electrons. The van der Waals surface area contributed by atoms with Crippen molar-refractivity contribution in [2.45, 2.75) is 25.8 Å². The molecule has 0 radical (unpaired) electrons. The number of hydrogen-bond acceptors (Lipinski definition) is 8. The van der Waals surface area contributed by atoms with E-state index in [1.165, 1.54) is 25.9 Å². The molecule has 0 saturated carbocycles. The molecule has 10 nitrogen and oxygen atoms in total. The van der Waals surface area contributed by atoms with Gasteiger partial charge in [0.05, 0.1) is 44.1 Å². The topological polar surface area (TPSA) is 121 Å². The minimum Gasteiger partial charge on any atom is -0.493 e. The number of carbonyl (C=O) groups is 1. The van der Waals surface area contributed by atoms with Crippen molar-refractivity contribution >= 4 is 11.8 Å². The molecule has 0 unspecified atom stereocenters. The number of nitrogens with zero attached hydrogens (tertiary/aromatic N) is 1. The van der Waals surface area contributed by atoms with Gasteiger partial charge < -0.3 is 24.3 Å². The molecule has 0 aliphatic carbocycles. The number of anilines is 1. The smallest absolute Gasteiger partial charge is 0.337 e. The van der Waals surface area contributed by atoms with E-state index >= 15 is 0 Å². The third kappa shape index (κ3) is 3.15. The van der Waals surface area contributed by atoms with E-state index in [2.05, 4.69) is 10.3 Å². The molecule has 1 aromatic heterocycles. The van der Waals surface area contributed by atoms with Gasteiger partial charge in [0.15, 0.2) is 11.5 Å². The number of esters is 1. The second-order valence-electron chi connectivity index (χ2n) is 7.16. The summed E-state index contributed by atoms with van der Waals surface area (Å²) >= 11 is 0. The van der Waals surface area contributed by atoms with Crippen LogP contribution in [0.15, 0.2) is 33.0 Å². The highest BCUT2D eigenvalue weighted by Gasteiger charge is 2.42. The van der Waals surface area contributed by atoms with Gasteiger partial charge in [-0.2, -0.15) is 0 Å². The summed E-state index contributed by atoms with van der Waals surface area (Å²) in [4.78, 5) is 40.5. The number of hydrogen-bond donors (Lipinski definition) is 2. The van der Waals surface area contributed by atoms with Gasteiger partial charge in [0.2, 0.25) is 5.75 Å². The number of ether oxygens (including phenoxy) is 4. The second kappa shape index (κ2) is 7.86. The standard InChI is InChI=1S/C21H23N3O7/c1-5-6-24-18-16(19(25)23-21(24)27)14(15-11(22-18)9-31-20(15)26)10-7-12(28-2)17(30-4)13(8-10)29-3/h7-8,14,22H,5-6,9H2,1-4H3,(H,23,25,27)/t14-/m1/s1. The fourth-order valence-electron chi connectivity index (χ4n) is 4.13. The van der Waals surface area contributed by atoms with Gasteiger partial charge in [-0.3, -0.25) is 14.3 Å². The van der Waals surface area contributed by atoms with E-state index in [9.17, 15) is 14.4 Å². The van der Waals surface area contributed by atoms with Crippen molar-refractivity contribution in [3.05, 3.63) is 55.4 Å². The maximum Gasteiger partial charge on any atom is 0.337 e. The summed E-state index contributed by atoms with van der Waals surface area (Å²) in [6.45, 7) is 2.35. The first kappa shape index (κ1) is 20.6. The van der Waals surface area contributed by atoms with Crippen LogP contribution in [0.4, 0.5) is 5.82 Å². The Hall–Kier alpha value is -3.69. The molecule has 10 heteroatoms. The quantitative estimate of drug-likeness (QED) is 0.660. The lowest BCUT2D eigenvalue weighted by atomic mass is 9.82. The van der Waals surface area contributed by atoms with E-state index < -0.39 is 23.1 Å². The van der Waals surface area contributed by atoms with Crippen molar-refractivity contribution < 1.29 is 23.7 Å². The second-order valence-corrected chi connectivity index (χ2v) is 7.16. The van der Waals surface area contributed by atoms with E-state index in [0.29, 0.717) is 52.9 Å². The number of carbonyl (C=O) groups excluding carboxylic acids is 1. The number of H-pyrrole nitrogens is 1. The molecule has 31 heavy (non-hydrogen) atoms. The minimum absolute atomic E-state index is 0.0294. The van der Waals surface area contributed by atoms with Crippen LogP contribution in [0.2, 0.25) is 0 Å². The Morgan fingerprint density at radius 3 is 2.35 bits per heavy atom. The number of methoxy groups -OCH3 is 3. The zero-order chi connectivity index (χ0) is 22.3. The Bertz CT molecular complexity index is 1180. The maximum absolute atomic E-state index is 13.0. The van der Waals surface area contributed by atoms with E-state index in [1.807, 2.05) is 6.92 Å². The van der Waals surface area contributed by atoms with Gasteiger partial charge >= 0.3 is 11.7 Å². The number of aromatic amines is 1. The zero-order valence-corrected chi connectivity index (χ0v) is 17.7. The molecule has 2 aliphatic rings. The number of aromatic nitrogens is 2. The van der Waals surface area contributed by atoms with Gasteiger partial charge in [0.1, 0.15) is 12.4 Å². The van der Waals surface area contributed by atoms with Crippen molar-refractivity contribution in [3.63, 3.8) is 0 Å². The molecular weight excluding hydrogens is 406 g/mol. The number of nitrogens with one attached hydrogen (secondary N) is 2. The van der Waals surface area contributed by atoms with E-state index in [0.717, 1.165) is 0 Å². The van der Waals surface area contributed by atoms with Crippen LogP contribution in [-0.2, 0) is 16.1 Å². The molecule has 4 rings (SSSR count). The normalized spacial score (nSPS) is 16.9. The first-order chi connectivity index (χ1) is 14.9. The molecule has 0 fully saturated rings. The molecule has 0 amide bonds. The van der Waals surface area contributed by atoms with Crippen LogP contribution < -0.4 is 30.8 Å². The molecule has 0 spiro atoms. The predicted molar refractivity (Wildman–Crippen MR) is 111 cm³/mol. The van der Waals surface area contributed by atoms with E-state index in [1.54, 1.807) is 12.1 Å². The fraction of sp³-hybridized carbons (Fsp3) is 0.381. The maximum atomic E-state index is 13.0. The highest BCUT2D eigenvalue weighted by molar-refractivity contribution is 5.97. The number of rotatable bonds is 6. The van der Waals surface area contributed by atoms with Gasteiger partial charge in [-0.25, -0.2) is 9.59 Å². The Morgan fingerprint density at radius 1 is 1.10 bits per heavy atom. The number of benzene rings is 1. The van der Waals surface area contributed by atoms with Crippen molar-refractivity contribution in [3.8, 4) is 17.2 Å². The van der Waals surface area contributed by atoms with Crippen LogP contribution >= 0.6 is 0 Å². The molecule has 1 aromatic carbocycles. The highest BCUT2D eigenvalue weighted by atomic mass is 16.5. The number of fused-ring (bicyclic) bond motifs is 1.